The van der Waals surface area contributed by atoms with Crippen molar-refractivity contribution in [3.63, 3.8) is 0 Å². The Morgan fingerprint density at radius 3 is 2.94 bits per heavy atom. The third kappa shape index (κ3) is 1.87. The molecule has 84 valence electrons. The minimum absolute atomic E-state index is 0.259. The second kappa shape index (κ2) is 4.28. The summed E-state index contributed by atoms with van der Waals surface area (Å²) in [4.78, 5) is 14.3. The average molecular weight is 220 g/mol. The smallest absolute Gasteiger partial charge is 0.274 e. The largest absolute Gasteiger partial charge is 0.472 e. The van der Waals surface area contributed by atoms with Gasteiger partial charge in [-0.05, 0) is 12.5 Å². The number of nitrogens with two attached hydrogens (primary N) is 1. The van der Waals surface area contributed by atoms with Crippen molar-refractivity contribution in [1.82, 2.24) is 15.2 Å². The molecule has 2 rings (SSSR count). The van der Waals surface area contributed by atoms with Gasteiger partial charge in [0, 0.05) is 0 Å². The summed E-state index contributed by atoms with van der Waals surface area (Å²) in [6.07, 6.45) is 3.63. The second-order valence-corrected chi connectivity index (χ2v) is 3.41. The normalized spacial score (nSPS) is 12.6. The predicted molar refractivity (Wildman–Crippen MR) is 57.6 cm³/mol. The van der Waals surface area contributed by atoms with Gasteiger partial charge in [0.25, 0.3) is 5.56 Å². The van der Waals surface area contributed by atoms with Gasteiger partial charge in [0.15, 0.2) is 5.82 Å². The molecule has 3 N–H and O–H groups in total. The van der Waals surface area contributed by atoms with E-state index < -0.39 is 0 Å². The lowest BCUT2D eigenvalue weighted by atomic mass is 10.2. The third-order valence-electron chi connectivity index (χ3n) is 2.31. The van der Waals surface area contributed by atoms with E-state index in [1.807, 2.05) is 6.92 Å². The Bertz CT molecular complexity index is 518. The lowest BCUT2D eigenvalue weighted by molar-refractivity contribution is 0.567. The number of aromatic amines is 1. The van der Waals surface area contributed by atoms with Crippen molar-refractivity contribution in [3.05, 3.63) is 34.6 Å². The van der Waals surface area contributed by atoms with Crippen molar-refractivity contribution in [2.75, 3.05) is 0 Å². The first-order valence-electron chi connectivity index (χ1n) is 4.97. The quantitative estimate of drug-likeness (QED) is 0.798. The Labute approximate surface area is 91.5 Å². The van der Waals surface area contributed by atoms with Crippen molar-refractivity contribution in [1.29, 1.82) is 0 Å². The highest BCUT2D eigenvalue weighted by atomic mass is 16.3. The third-order valence-corrected chi connectivity index (χ3v) is 2.31. The van der Waals surface area contributed by atoms with Gasteiger partial charge >= 0.3 is 0 Å². The summed E-state index contributed by atoms with van der Waals surface area (Å²) in [5.74, 6) is 0.380. The van der Waals surface area contributed by atoms with E-state index in [9.17, 15) is 4.79 Å². The van der Waals surface area contributed by atoms with E-state index in [4.69, 9.17) is 10.2 Å². The first-order valence-corrected chi connectivity index (χ1v) is 4.97. The van der Waals surface area contributed by atoms with Crippen LogP contribution in [0.25, 0.3) is 11.4 Å². The standard InChI is InChI=1S/C10H12N4O2/c1-2-7(11)8-10(15)12-9(14-13-8)6-3-4-16-5-6/h3-5,7H,2,11H2,1H3,(H,12,14,15). The van der Waals surface area contributed by atoms with Crippen molar-refractivity contribution in [3.8, 4) is 11.4 Å². The molecule has 1 unspecified atom stereocenters. The summed E-state index contributed by atoms with van der Waals surface area (Å²) in [5.41, 5.74) is 6.36. The van der Waals surface area contributed by atoms with Gasteiger partial charge in [-0.1, -0.05) is 6.92 Å². The molecule has 0 aliphatic heterocycles. The summed E-state index contributed by atoms with van der Waals surface area (Å²) in [6, 6.07) is 1.31. The van der Waals surface area contributed by atoms with Crippen LogP contribution in [-0.4, -0.2) is 15.2 Å². The maximum absolute atomic E-state index is 11.7. The number of aromatic nitrogens is 3. The van der Waals surface area contributed by atoms with E-state index in [0.29, 0.717) is 17.8 Å². The Hall–Kier alpha value is -1.95. The maximum atomic E-state index is 11.7. The van der Waals surface area contributed by atoms with Crippen molar-refractivity contribution in [2.45, 2.75) is 19.4 Å². The van der Waals surface area contributed by atoms with Crippen LogP contribution in [0.5, 0.6) is 0 Å². The molecule has 1 atom stereocenters. The molecule has 0 saturated heterocycles. The Morgan fingerprint density at radius 2 is 2.38 bits per heavy atom. The molecule has 0 spiro atoms. The van der Waals surface area contributed by atoms with E-state index in [-0.39, 0.29) is 17.3 Å². The Balaban J connectivity index is 2.41. The molecule has 0 aliphatic carbocycles. The van der Waals surface area contributed by atoms with Crippen LogP contribution in [0.15, 0.2) is 27.8 Å². The van der Waals surface area contributed by atoms with Crippen LogP contribution >= 0.6 is 0 Å². The number of nitrogens with one attached hydrogen (secondary N) is 1. The first-order chi connectivity index (χ1) is 7.72. The van der Waals surface area contributed by atoms with Crippen LogP contribution in [0.2, 0.25) is 0 Å². The average Bonchev–Trinajstić information content (AvgIpc) is 2.81. The number of rotatable bonds is 3. The molecular weight excluding hydrogens is 208 g/mol. The van der Waals surface area contributed by atoms with Gasteiger partial charge in [-0.25, -0.2) is 0 Å². The molecule has 0 fully saturated rings. The molecule has 16 heavy (non-hydrogen) atoms. The first kappa shape index (κ1) is 10.6. The number of H-pyrrole nitrogens is 1. The molecule has 6 nitrogen and oxygen atoms in total. The lowest BCUT2D eigenvalue weighted by Gasteiger charge is -2.05. The highest BCUT2D eigenvalue weighted by molar-refractivity contribution is 5.51. The zero-order chi connectivity index (χ0) is 11.5. The zero-order valence-corrected chi connectivity index (χ0v) is 8.80. The maximum Gasteiger partial charge on any atom is 0.274 e. The zero-order valence-electron chi connectivity index (χ0n) is 8.80. The van der Waals surface area contributed by atoms with Crippen molar-refractivity contribution in [2.24, 2.45) is 5.73 Å². The van der Waals surface area contributed by atoms with Gasteiger partial charge in [0.2, 0.25) is 0 Å². The fourth-order valence-corrected chi connectivity index (χ4v) is 1.31. The molecule has 0 aliphatic rings. The minimum Gasteiger partial charge on any atom is -0.472 e. The molecule has 0 bridgehead atoms. The predicted octanol–water partition coefficient (Wildman–Crippen LogP) is 0.835. The Morgan fingerprint density at radius 1 is 1.56 bits per heavy atom. The van der Waals surface area contributed by atoms with Crippen molar-refractivity contribution >= 4 is 0 Å². The van der Waals surface area contributed by atoms with Crippen LogP contribution in [0.4, 0.5) is 0 Å². The summed E-state index contributed by atoms with van der Waals surface area (Å²) in [6.45, 7) is 1.88. The van der Waals surface area contributed by atoms with Crippen molar-refractivity contribution < 1.29 is 4.42 Å². The fourth-order valence-electron chi connectivity index (χ4n) is 1.31. The molecule has 2 heterocycles. The second-order valence-electron chi connectivity index (χ2n) is 3.41. The topological polar surface area (TPSA) is 97.8 Å². The van der Waals surface area contributed by atoms with Gasteiger partial charge in [-0.3, -0.25) is 4.79 Å². The highest BCUT2D eigenvalue weighted by Crippen LogP contribution is 2.13. The number of hydrogen-bond acceptors (Lipinski definition) is 5. The molecule has 0 aromatic carbocycles. The lowest BCUT2D eigenvalue weighted by Crippen LogP contribution is -2.24. The summed E-state index contributed by atoms with van der Waals surface area (Å²) in [5, 5.41) is 7.75. The monoisotopic (exact) mass is 220 g/mol. The molecule has 0 radical (unpaired) electrons. The number of hydrogen-bond donors (Lipinski definition) is 2. The molecular formula is C10H12N4O2. The molecule has 6 heteroatoms. The SMILES string of the molecule is CCC(N)c1nnc(-c2ccoc2)[nH]c1=O. The number of furan rings is 1. The van der Waals surface area contributed by atoms with Gasteiger partial charge in [0.05, 0.1) is 17.9 Å². The van der Waals surface area contributed by atoms with Gasteiger partial charge in [-0.2, -0.15) is 0 Å². The van der Waals surface area contributed by atoms with Crippen LogP contribution in [0.3, 0.4) is 0 Å². The summed E-state index contributed by atoms with van der Waals surface area (Å²) < 4.78 is 4.89. The minimum atomic E-state index is -0.380. The summed E-state index contributed by atoms with van der Waals surface area (Å²) in [7, 11) is 0. The fraction of sp³-hybridized carbons (Fsp3) is 0.300. The van der Waals surface area contributed by atoms with Crippen LogP contribution in [-0.2, 0) is 0 Å². The van der Waals surface area contributed by atoms with Gasteiger partial charge in [-0.15, -0.1) is 10.2 Å². The molecule has 0 amide bonds. The van der Waals surface area contributed by atoms with Crippen LogP contribution in [0.1, 0.15) is 25.1 Å². The van der Waals surface area contributed by atoms with Crippen LogP contribution in [0, 0.1) is 0 Å². The van der Waals surface area contributed by atoms with E-state index in [1.54, 1.807) is 6.07 Å². The van der Waals surface area contributed by atoms with E-state index in [0.717, 1.165) is 0 Å². The Kier molecular flexibility index (Phi) is 2.82. The molecule has 0 saturated carbocycles. The van der Waals surface area contributed by atoms with E-state index in [1.165, 1.54) is 12.5 Å². The van der Waals surface area contributed by atoms with E-state index in [2.05, 4.69) is 15.2 Å². The molecule has 2 aromatic heterocycles. The highest BCUT2D eigenvalue weighted by Gasteiger charge is 2.12. The van der Waals surface area contributed by atoms with Crippen LogP contribution < -0.4 is 11.3 Å². The number of nitrogens with zero attached hydrogens (tertiary/aromatic N) is 2. The van der Waals surface area contributed by atoms with Gasteiger partial charge < -0.3 is 15.1 Å². The van der Waals surface area contributed by atoms with E-state index >= 15 is 0 Å². The van der Waals surface area contributed by atoms with Gasteiger partial charge in [0.1, 0.15) is 12.0 Å². The summed E-state index contributed by atoms with van der Waals surface area (Å²) >= 11 is 0. The molecule has 2 aromatic rings.